The van der Waals surface area contributed by atoms with Crippen molar-refractivity contribution in [2.45, 2.75) is 32.6 Å². The van der Waals surface area contributed by atoms with E-state index >= 15 is 0 Å². The summed E-state index contributed by atoms with van der Waals surface area (Å²) in [4.78, 5) is 28.5. The van der Waals surface area contributed by atoms with Gasteiger partial charge in [0, 0.05) is 29.3 Å². The van der Waals surface area contributed by atoms with E-state index in [0.717, 1.165) is 19.3 Å². The molecule has 1 aliphatic rings. The zero-order valence-electron chi connectivity index (χ0n) is 11.5. The molecule has 0 aromatic carbocycles. The summed E-state index contributed by atoms with van der Waals surface area (Å²) in [5.74, 6) is -1.22. The lowest BCUT2D eigenvalue weighted by Gasteiger charge is -2.27. The number of aromatic nitrogens is 1. The fourth-order valence-electron chi connectivity index (χ4n) is 2.29. The van der Waals surface area contributed by atoms with Gasteiger partial charge in [-0.15, -0.1) is 0 Å². The molecule has 1 saturated carbocycles. The first-order valence-corrected chi connectivity index (χ1v) is 7.30. The Balaban J connectivity index is 2.13. The zero-order chi connectivity index (χ0) is 14.5. The third-order valence-corrected chi connectivity index (χ3v) is 3.85. The number of pyridine rings is 1. The molecule has 2 rings (SSSR count). The van der Waals surface area contributed by atoms with Gasteiger partial charge in [0.05, 0.1) is 6.61 Å². The first kappa shape index (κ1) is 15.0. The minimum atomic E-state index is -0.758. The smallest absolute Gasteiger partial charge is 0.316 e. The van der Waals surface area contributed by atoms with Crippen LogP contribution in [0.4, 0.5) is 0 Å². The number of halogens is 1. The van der Waals surface area contributed by atoms with Crippen molar-refractivity contribution in [3.8, 4) is 0 Å². The van der Waals surface area contributed by atoms with Gasteiger partial charge in [-0.3, -0.25) is 14.6 Å². The van der Waals surface area contributed by atoms with Crippen LogP contribution in [0.1, 0.15) is 31.9 Å². The Labute approximate surface area is 123 Å². The van der Waals surface area contributed by atoms with E-state index < -0.39 is 11.9 Å². The van der Waals surface area contributed by atoms with Crippen LogP contribution in [-0.2, 0) is 20.7 Å². The monoisotopic (exact) mass is 295 g/mol. The molecule has 1 fully saturated rings. The van der Waals surface area contributed by atoms with Gasteiger partial charge in [-0.2, -0.15) is 0 Å². The van der Waals surface area contributed by atoms with Gasteiger partial charge in [0.1, 0.15) is 5.92 Å². The molecule has 0 bridgehead atoms. The maximum atomic E-state index is 12.4. The van der Waals surface area contributed by atoms with Crippen molar-refractivity contribution >= 4 is 23.4 Å². The third-order valence-electron chi connectivity index (χ3n) is 3.61. The van der Waals surface area contributed by atoms with Crippen LogP contribution < -0.4 is 0 Å². The van der Waals surface area contributed by atoms with Crippen molar-refractivity contribution in [3.05, 3.63) is 29.0 Å². The first-order chi connectivity index (χ1) is 9.61. The topological polar surface area (TPSA) is 56.3 Å². The highest BCUT2D eigenvalue weighted by atomic mass is 35.5. The van der Waals surface area contributed by atoms with Crippen molar-refractivity contribution in [2.75, 3.05) is 6.61 Å². The maximum Gasteiger partial charge on any atom is 0.316 e. The van der Waals surface area contributed by atoms with Crippen LogP contribution in [0.2, 0.25) is 5.02 Å². The summed E-state index contributed by atoms with van der Waals surface area (Å²) in [6.45, 7) is 2.01. The number of nitrogens with zero attached hydrogens (tertiary/aromatic N) is 1. The van der Waals surface area contributed by atoms with E-state index in [2.05, 4.69) is 4.98 Å². The van der Waals surface area contributed by atoms with Gasteiger partial charge in [-0.1, -0.05) is 18.0 Å². The van der Waals surface area contributed by atoms with Crippen molar-refractivity contribution < 1.29 is 14.3 Å². The lowest BCUT2D eigenvalue weighted by atomic mass is 9.77. The minimum absolute atomic E-state index is 0.00332. The Morgan fingerprint density at radius 2 is 2.25 bits per heavy atom. The molecule has 0 saturated heterocycles. The highest BCUT2D eigenvalue weighted by molar-refractivity contribution is 6.30. The number of carbonyl (C=O) groups excluding carboxylic acids is 2. The molecular weight excluding hydrogens is 278 g/mol. The van der Waals surface area contributed by atoms with Gasteiger partial charge < -0.3 is 4.74 Å². The van der Waals surface area contributed by atoms with E-state index in [4.69, 9.17) is 16.3 Å². The minimum Gasteiger partial charge on any atom is -0.465 e. The molecule has 1 aromatic rings. The summed E-state index contributed by atoms with van der Waals surface area (Å²) in [7, 11) is 0. The molecule has 0 aliphatic heterocycles. The lowest BCUT2D eigenvalue weighted by molar-refractivity contribution is -0.153. The van der Waals surface area contributed by atoms with Crippen LogP contribution in [0.5, 0.6) is 0 Å². The summed E-state index contributed by atoms with van der Waals surface area (Å²) in [6, 6.07) is 3.35. The number of carbonyl (C=O) groups is 2. The molecule has 1 atom stereocenters. The van der Waals surface area contributed by atoms with E-state index in [1.165, 1.54) is 0 Å². The number of hydrogen-bond donors (Lipinski definition) is 0. The predicted octanol–water partition coefficient (Wildman–Crippen LogP) is 2.83. The Bertz CT molecular complexity index is 500. The van der Waals surface area contributed by atoms with Gasteiger partial charge in [0.15, 0.2) is 5.78 Å². The molecule has 1 aromatic heterocycles. The first-order valence-electron chi connectivity index (χ1n) is 6.92. The molecule has 0 N–H and O–H groups in total. The van der Waals surface area contributed by atoms with Gasteiger partial charge in [0.25, 0.3) is 0 Å². The fourth-order valence-corrected chi connectivity index (χ4v) is 2.47. The third kappa shape index (κ3) is 3.57. The van der Waals surface area contributed by atoms with Crippen LogP contribution in [0.15, 0.2) is 18.3 Å². The summed E-state index contributed by atoms with van der Waals surface area (Å²) in [5.41, 5.74) is 0.642. The second-order valence-electron chi connectivity index (χ2n) is 5.00. The Hall–Kier alpha value is -1.42. The molecule has 1 aliphatic carbocycles. The SMILES string of the molecule is CCOC(=O)C(Cc1cc(Cl)ccn1)C(=O)C1CCC1. The number of rotatable bonds is 6. The lowest BCUT2D eigenvalue weighted by Crippen LogP contribution is -2.36. The Morgan fingerprint density at radius 1 is 1.50 bits per heavy atom. The van der Waals surface area contributed by atoms with Gasteiger partial charge in [-0.25, -0.2) is 0 Å². The predicted molar refractivity (Wildman–Crippen MR) is 75.4 cm³/mol. The van der Waals surface area contributed by atoms with Gasteiger partial charge in [0.2, 0.25) is 0 Å². The highest BCUT2D eigenvalue weighted by Gasteiger charge is 2.36. The second-order valence-corrected chi connectivity index (χ2v) is 5.44. The van der Waals surface area contributed by atoms with E-state index in [1.54, 1.807) is 25.3 Å². The molecule has 0 spiro atoms. The van der Waals surface area contributed by atoms with Crippen LogP contribution in [0.3, 0.4) is 0 Å². The normalized spacial score (nSPS) is 16.3. The standard InChI is InChI=1S/C15H18ClNO3/c1-2-20-15(19)13(14(18)10-4-3-5-10)9-12-8-11(16)6-7-17-12/h6-8,10,13H,2-5,9H2,1H3. The summed E-state index contributed by atoms with van der Waals surface area (Å²) in [6.07, 6.45) is 4.64. The van der Waals surface area contributed by atoms with Gasteiger partial charge in [-0.05, 0) is 31.9 Å². The molecule has 1 unspecified atom stereocenters. The molecule has 1 heterocycles. The van der Waals surface area contributed by atoms with E-state index in [-0.39, 0.29) is 24.7 Å². The van der Waals surface area contributed by atoms with Crippen molar-refractivity contribution in [2.24, 2.45) is 11.8 Å². The van der Waals surface area contributed by atoms with E-state index in [0.29, 0.717) is 10.7 Å². The van der Waals surface area contributed by atoms with E-state index in [1.807, 2.05) is 0 Å². The van der Waals surface area contributed by atoms with Crippen molar-refractivity contribution in [1.29, 1.82) is 0 Å². The Morgan fingerprint density at radius 3 is 2.80 bits per heavy atom. The van der Waals surface area contributed by atoms with Crippen LogP contribution >= 0.6 is 11.6 Å². The quantitative estimate of drug-likeness (QED) is 0.598. The molecule has 4 nitrogen and oxygen atoms in total. The number of Topliss-reactive ketones (excluding diaryl/α,β-unsaturated/α-hetero) is 1. The average molecular weight is 296 g/mol. The van der Waals surface area contributed by atoms with Crippen LogP contribution in [-0.4, -0.2) is 23.3 Å². The molecule has 108 valence electrons. The summed E-state index contributed by atoms with van der Waals surface area (Å²) < 4.78 is 5.03. The number of esters is 1. The molecule has 20 heavy (non-hydrogen) atoms. The summed E-state index contributed by atoms with van der Waals surface area (Å²) in [5, 5.41) is 0.550. The summed E-state index contributed by atoms with van der Waals surface area (Å²) >= 11 is 5.91. The molecule has 5 heteroatoms. The Kier molecular flexibility index (Phi) is 5.12. The largest absolute Gasteiger partial charge is 0.465 e. The van der Waals surface area contributed by atoms with Crippen LogP contribution in [0, 0.1) is 11.8 Å². The highest BCUT2D eigenvalue weighted by Crippen LogP contribution is 2.31. The molecule has 0 radical (unpaired) electrons. The number of hydrogen-bond acceptors (Lipinski definition) is 4. The fraction of sp³-hybridized carbons (Fsp3) is 0.533. The molecule has 0 amide bonds. The van der Waals surface area contributed by atoms with Crippen LogP contribution in [0.25, 0.3) is 0 Å². The average Bonchev–Trinajstić information content (AvgIpc) is 2.34. The van der Waals surface area contributed by atoms with E-state index in [9.17, 15) is 9.59 Å². The van der Waals surface area contributed by atoms with Crippen molar-refractivity contribution in [3.63, 3.8) is 0 Å². The maximum absolute atomic E-state index is 12.4. The molecular formula is C15H18ClNO3. The van der Waals surface area contributed by atoms with Crippen molar-refractivity contribution in [1.82, 2.24) is 4.98 Å². The second kappa shape index (κ2) is 6.84. The number of ketones is 1. The van der Waals surface area contributed by atoms with Gasteiger partial charge >= 0.3 is 5.97 Å². The number of ether oxygens (including phenoxy) is 1. The zero-order valence-corrected chi connectivity index (χ0v) is 12.2.